The number of carbonyl (C=O) groups is 2. The number of carboxylic acids is 1. The van der Waals surface area contributed by atoms with Crippen LogP contribution in [0.2, 0.25) is 0 Å². The van der Waals surface area contributed by atoms with E-state index in [9.17, 15) is 9.59 Å². The zero-order chi connectivity index (χ0) is 25.7. The first kappa shape index (κ1) is 25.9. The number of methoxy groups -OCH3 is 1. The summed E-state index contributed by atoms with van der Waals surface area (Å²) < 4.78 is 5.38. The van der Waals surface area contributed by atoms with Gasteiger partial charge < -0.3 is 15.2 Å². The van der Waals surface area contributed by atoms with Crippen LogP contribution in [0.25, 0.3) is 0 Å². The van der Waals surface area contributed by atoms with Crippen LogP contribution < -0.4 is 10.2 Å². The Bertz CT molecular complexity index is 1120. The highest BCUT2D eigenvalue weighted by atomic mass is 16.5. The Morgan fingerprint density at radius 2 is 1.97 bits per heavy atom. The smallest absolute Gasteiger partial charge is 0.337 e. The fourth-order valence-corrected chi connectivity index (χ4v) is 5.47. The number of hydrogen-bond acceptors (Lipinski definition) is 4. The normalized spacial score (nSPS) is 20.7. The van der Waals surface area contributed by atoms with Crippen molar-refractivity contribution in [1.82, 2.24) is 10.3 Å². The second-order valence-corrected chi connectivity index (χ2v) is 10.1. The van der Waals surface area contributed by atoms with E-state index in [2.05, 4.69) is 35.4 Å². The van der Waals surface area contributed by atoms with Gasteiger partial charge in [-0.25, -0.2) is 14.6 Å². The molecular formula is C29H37N3O4. The number of benzene rings is 1. The lowest BCUT2D eigenvalue weighted by Gasteiger charge is -2.40. The van der Waals surface area contributed by atoms with E-state index < -0.39 is 11.5 Å². The largest absolute Gasteiger partial charge is 0.478 e. The first-order valence-electron chi connectivity index (χ1n) is 13.0. The van der Waals surface area contributed by atoms with E-state index in [1.807, 2.05) is 13.1 Å². The van der Waals surface area contributed by atoms with Gasteiger partial charge in [0.2, 0.25) is 0 Å². The molecule has 7 heteroatoms. The van der Waals surface area contributed by atoms with Crippen LogP contribution in [0.5, 0.6) is 0 Å². The fraction of sp³-hybridized carbons (Fsp3) is 0.483. The van der Waals surface area contributed by atoms with Gasteiger partial charge in [-0.1, -0.05) is 57.2 Å². The molecule has 1 aromatic heterocycles. The maximum atomic E-state index is 13.3. The van der Waals surface area contributed by atoms with Crippen molar-refractivity contribution in [3.05, 3.63) is 70.6 Å². The molecule has 1 aliphatic carbocycles. The van der Waals surface area contributed by atoms with E-state index in [4.69, 9.17) is 9.84 Å². The molecule has 1 aromatic carbocycles. The van der Waals surface area contributed by atoms with Gasteiger partial charge in [0.25, 0.3) is 0 Å². The van der Waals surface area contributed by atoms with Crippen molar-refractivity contribution < 1.29 is 19.4 Å². The molecule has 1 aliphatic heterocycles. The Balaban J connectivity index is 1.66. The number of amides is 2. The number of rotatable bonds is 9. The molecule has 36 heavy (non-hydrogen) atoms. The minimum atomic E-state index is -1.06. The molecule has 192 valence electrons. The number of pyridine rings is 1. The third-order valence-electron chi connectivity index (χ3n) is 7.72. The second-order valence-electron chi connectivity index (χ2n) is 10.1. The molecule has 0 unspecified atom stereocenters. The number of aromatic carboxylic acids is 1. The van der Waals surface area contributed by atoms with Crippen molar-refractivity contribution in [2.24, 2.45) is 5.92 Å². The van der Waals surface area contributed by atoms with Crippen molar-refractivity contribution in [2.75, 3.05) is 18.6 Å². The SMILES string of the molecule is CCc1cc([C@]2(C)NC(=O)N(c3ccc(C(=O)O)cn3)C=C2CCOC)ccc1CC1CCCCC1. The molecule has 2 heterocycles. The Labute approximate surface area is 213 Å². The summed E-state index contributed by atoms with van der Waals surface area (Å²) in [5.74, 6) is 0.0804. The lowest BCUT2D eigenvalue weighted by molar-refractivity contribution is 0.0696. The van der Waals surface area contributed by atoms with Gasteiger partial charge >= 0.3 is 12.0 Å². The molecule has 2 aliphatic rings. The molecule has 1 fully saturated rings. The molecular weight excluding hydrogens is 454 g/mol. The summed E-state index contributed by atoms with van der Waals surface area (Å²) in [7, 11) is 1.67. The minimum Gasteiger partial charge on any atom is -0.478 e. The van der Waals surface area contributed by atoms with Crippen LogP contribution >= 0.6 is 0 Å². The Morgan fingerprint density at radius 3 is 2.61 bits per heavy atom. The molecule has 0 bridgehead atoms. The molecule has 2 amide bonds. The number of urea groups is 1. The highest BCUT2D eigenvalue weighted by Gasteiger charge is 2.39. The van der Waals surface area contributed by atoms with E-state index >= 15 is 0 Å². The maximum absolute atomic E-state index is 13.3. The summed E-state index contributed by atoms with van der Waals surface area (Å²) in [4.78, 5) is 30.1. The van der Waals surface area contributed by atoms with E-state index in [0.717, 1.165) is 29.9 Å². The summed E-state index contributed by atoms with van der Waals surface area (Å²) in [5, 5.41) is 12.4. The number of nitrogens with one attached hydrogen (secondary N) is 1. The Hall–Kier alpha value is -3.19. The van der Waals surface area contributed by atoms with Gasteiger partial charge in [0.15, 0.2) is 0 Å². The van der Waals surface area contributed by atoms with E-state index in [0.29, 0.717) is 18.8 Å². The first-order chi connectivity index (χ1) is 17.4. The van der Waals surface area contributed by atoms with Crippen LogP contribution in [0.15, 0.2) is 48.3 Å². The number of hydrogen-bond donors (Lipinski definition) is 2. The quantitative estimate of drug-likeness (QED) is 0.460. The van der Waals surface area contributed by atoms with Gasteiger partial charge in [0, 0.05) is 19.5 Å². The molecule has 2 N–H and O–H groups in total. The van der Waals surface area contributed by atoms with Crippen molar-refractivity contribution in [2.45, 2.75) is 70.8 Å². The van der Waals surface area contributed by atoms with Crippen molar-refractivity contribution in [1.29, 1.82) is 0 Å². The van der Waals surface area contributed by atoms with Gasteiger partial charge in [0.1, 0.15) is 5.82 Å². The summed E-state index contributed by atoms with van der Waals surface area (Å²) in [6.45, 7) is 4.75. The summed E-state index contributed by atoms with van der Waals surface area (Å²) >= 11 is 0. The molecule has 2 aromatic rings. The van der Waals surface area contributed by atoms with E-state index in [-0.39, 0.29) is 11.6 Å². The highest BCUT2D eigenvalue weighted by Crippen LogP contribution is 2.37. The molecule has 0 spiro atoms. The zero-order valence-corrected chi connectivity index (χ0v) is 21.5. The monoisotopic (exact) mass is 491 g/mol. The predicted molar refractivity (Wildman–Crippen MR) is 140 cm³/mol. The number of ether oxygens (including phenoxy) is 1. The molecule has 7 nitrogen and oxygen atoms in total. The van der Waals surface area contributed by atoms with Gasteiger partial charge in [-0.15, -0.1) is 0 Å². The third-order valence-corrected chi connectivity index (χ3v) is 7.72. The van der Waals surface area contributed by atoms with Crippen LogP contribution in [-0.2, 0) is 23.1 Å². The number of anilines is 1. The van der Waals surface area contributed by atoms with Gasteiger partial charge in [-0.05, 0) is 66.5 Å². The predicted octanol–water partition coefficient (Wildman–Crippen LogP) is 5.83. The minimum absolute atomic E-state index is 0.0741. The van der Waals surface area contributed by atoms with Crippen molar-refractivity contribution in [3.8, 4) is 0 Å². The van der Waals surface area contributed by atoms with Crippen LogP contribution in [0, 0.1) is 5.92 Å². The average molecular weight is 492 g/mol. The summed E-state index contributed by atoms with van der Waals surface area (Å²) in [6.07, 6.45) is 12.5. The number of carbonyl (C=O) groups excluding carboxylic acids is 1. The Morgan fingerprint density at radius 1 is 1.19 bits per heavy atom. The average Bonchev–Trinajstić information content (AvgIpc) is 2.89. The van der Waals surface area contributed by atoms with Crippen LogP contribution in [-0.4, -0.2) is 35.8 Å². The number of aromatic nitrogens is 1. The molecule has 1 saturated carbocycles. The van der Waals surface area contributed by atoms with Crippen molar-refractivity contribution in [3.63, 3.8) is 0 Å². The number of nitrogens with zero attached hydrogens (tertiary/aromatic N) is 2. The van der Waals surface area contributed by atoms with Crippen LogP contribution in [0.4, 0.5) is 10.6 Å². The lowest BCUT2D eigenvalue weighted by atomic mass is 9.79. The van der Waals surface area contributed by atoms with Crippen molar-refractivity contribution >= 4 is 17.8 Å². The molecule has 1 atom stereocenters. The highest BCUT2D eigenvalue weighted by molar-refractivity contribution is 5.96. The van der Waals surface area contributed by atoms with Crippen LogP contribution in [0.1, 0.15) is 79.4 Å². The topological polar surface area (TPSA) is 91.8 Å². The van der Waals surface area contributed by atoms with Gasteiger partial charge in [-0.3, -0.25) is 4.90 Å². The van der Waals surface area contributed by atoms with Gasteiger partial charge in [0.05, 0.1) is 17.7 Å². The summed E-state index contributed by atoms with van der Waals surface area (Å²) in [6, 6.07) is 9.37. The maximum Gasteiger partial charge on any atom is 0.337 e. The van der Waals surface area contributed by atoms with E-state index in [1.165, 1.54) is 60.4 Å². The zero-order valence-electron chi connectivity index (χ0n) is 21.5. The standard InChI is InChI=1S/C29H37N3O4/c1-4-21-17-24(12-10-22(21)16-20-8-6-5-7-9-20)29(2)25(14-15-36-3)19-32(28(35)31-29)26-13-11-23(18-30-26)27(33)34/h10-13,17-20H,4-9,14-16H2,1-3H3,(H,31,35)(H,33,34)/t29-/m0/s1. The molecule has 0 saturated heterocycles. The summed E-state index contributed by atoms with van der Waals surface area (Å²) in [5.41, 5.74) is 4.19. The van der Waals surface area contributed by atoms with Crippen LogP contribution in [0.3, 0.4) is 0 Å². The molecule has 0 radical (unpaired) electrons. The Kier molecular flexibility index (Phi) is 8.09. The van der Waals surface area contributed by atoms with E-state index in [1.54, 1.807) is 13.2 Å². The second kappa shape index (κ2) is 11.2. The van der Waals surface area contributed by atoms with Gasteiger partial charge in [-0.2, -0.15) is 0 Å². The number of carboxylic acid groups (broad SMARTS) is 1. The first-order valence-corrected chi connectivity index (χ1v) is 13.0. The lowest BCUT2D eigenvalue weighted by Crippen LogP contribution is -2.54. The fourth-order valence-electron chi connectivity index (χ4n) is 5.47. The third kappa shape index (κ3) is 5.46. The molecule has 4 rings (SSSR count). The number of aryl methyl sites for hydroxylation is 1.